The molecule has 1 atom stereocenters. The lowest BCUT2D eigenvalue weighted by molar-refractivity contribution is -0.136. The Morgan fingerprint density at radius 2 is 1.76 bits per heavy atom. The molecule has 0 amide bonds. The summed E-state index contributed by atoms with van der Waals surface area (Å²) < 4.78 is 0. The molecule has 0 aliphatic carbocycles. The molecule has 6 heteroatoms. The molecule has 2 heterocycles. The molecule has 1 aromatic heterocycles. The maximum Gasteiger partial charge on any atom is 0.307 e. The van der Waals surface area contributed by atoms with Crippen LogP contribution < -0.4 is 4.90 Å². The van der Waals surface area contributed by atoms with Crippen molar-refractivity contribution in [1.29, 1.82) is 0 Å². The Morgan fingerprint density at radius 3 is 2.48 bits per heavy atom. The van der Waals surface area contributed by atoms with E-state index in [1.54, 1.807) is 0 Å². The first-order chi connectivity index (χ1) is 16.1. The molecular weight excluding hydrogens is 412 g/mol. The Kier molecular flexibility index (Phi) is 7.68. The zero-order valence-electron chi connectivity index (χ0n) is 19.2. The van der Waals surface area contributed by atoms with Gasteiger partial charge in [0.2, 0.25) is 5.95 Å². The molecule has 6 nitrogen and oxygen atoms in total. The number of aliphatic carboxylic acids is 1. The fraction of sp³-hybridized carbons (Fsp3) is 0.370. The SMILES string of the molecule is CCCC[C@@H]1CN(Cc2cccc(CC(=O)O)c2)CCN1c1ncc(-c2ccccc2)cn1. The van der Waals surface area contributed by atoms with Gasteiger partial charge in [0, 0.05) is 50.2 Å². The monoisotopic (exact) mass is 444 g/mol. The predicted molar refractivity (Wildman–Crippen MR) is 131 cm³/mol. The number of nitrogens with zero attached hydrogens (tertiary/aromatic N) is 4. The van der Waals surface area contributed by atoms with E-state index in [1.807, 2.05) is 48.8 Å². The summed E-state index contributed by atoms with van der Waals surface area (Å²) in [6.45, 7) is 5.82. The predicted octanol–water partition coefficient (Wildman–Crippen LogP) is 4.65. The molecule has 0 spiro atoms. The van der Waals surface area contributed by atoms with Crippen molar-refractivity contribution in [3.8, 4) is 11.1 Å². The van der Waals surface area contributed by atoms with Gasteiger partial charge in [-0.1, -0.05) is 74.4 Å². The van der Waals surface area contributed by atoms with Crippen LogP contribution in [0.5, 0.6) is 0 Å². The summed E-state index contributed by atoms with van der Waals surface area (Å²) >= 11 is 0. The first-order valence-electron chi connectivity index (χ1n) is 11.8. The average Bonchev–Trinajstić information content (AvgIpc) is 2.83. The number of hydrogen-bond donors (Lipinski definition) is 1. The van der Waals surface area contributed by atoms with Crippen LogP contribution in [0.25, 0.3) is 11.1 Å². The van der Waals surface area contributed by atoms with Crippen LogP contribution in [0.1, 0.15) is 37.3 Å². The molecule has 0 saturated carbocycles. The number of hydrogen-bond acceptors (Lipinski definition) is 5. The minimum absolute atomic E-state index is 0.0665. The van der Waals surface area contributed by atoms with E-state index in [-0.39, 0.29) is 6.42 Å². The highest BCUT2D eigenvalue weighted by atomic mass is 16.4. The summed E-state index contributed by atoms with van der Waals surface area (Å²) in [4.78, 5) is 25.3. The molecule has 1 N–H and O–H groups in total. The van der Waals surface area contributed by atoms with E-state index < -0.39 is 5.97 Å². The fourth-order valence-corrected chi connectivity index (χ4v) is 4.53. The van der Waals surface area contributed by atoms with Crippen LogP contribution in [0.2, 0.25) is 0 Å². The topological polar surface area (TPSA) is 69.6 Å². The van der Waals surface area contributed by atoms with Crippen LogP contribution in [0.3, 0.4) is 0 Å². The van der Waals surface area contributed by atoms with E-state index in [0.717, 1.165) is 61.7 Å². The number of carbonyl (C=O) groups is 1. The summed E-state index contributed by atoms with van der Waals surface area (Å²) in [5, 5.41) is 9.09. The number of unbranched alkanes of at least 4 members (excludes halogenated alkanes) is 1. The number of carboxylic acid groups (broad SMARTS) is 1. The van der Waals surface area contributed by atoms with E-state index in [9.17, 15) is 4.79 Å². The van der Waals surface area contributed by atoms with Gasteiger partial charge in [0.1, 0.15) is 0 Å². The zero-order valence-corrected chi connectivity index (χ0v) is 19.2. The Morgan fingerprint density at radius 1 is 1.00 bits per heavy atom. The fourth-order valence-electron chi connectivity index (χ4n) is 4.53. The minimum Gasteiger partial charge on any atom is -0.481 e. The molecule has 1 fully saturated rings. The highest BCUT2D eigenvalue weighted by Gasteiger charge is 2.28. The number of anilines is 1. The standard InChI is InChI=1S/C27H32N4O2/c1-2-3-12-25-20-30(19-22-9-7-8-21(15-22)16-26(32)33)13-14-31(25)27-28-17-24(18-29-27)23-10-5-4-6-11-23/h4-11,15,17-18,25H,2-3,12-14,16,19-20H2,1H3,(H,32,33)/t25-/m1/s1. The first kappa shape index (κ1) is 22.9. The number of piperazine rings is 1. The van der Waals surface area contributed by atoms with Crippen molar-refractivity contribution in [1.82, 2.24) is 14.9 Å². The molecule has 1 saturated heterocycles. The lowest BCUT2D eigenvalue weighted by Gasteiger charge is -2.41. The van der Waals surface area contributed by atoms with Gasteiger partial charge in [-0.2, -0.15) is 0 Å². The van der Waals surface area contributed by atoms with Crippen LogP contribution in [0, 0.1) is 0 Å². The van der Waals surface area contributed by atoms with Crippen molar-refractivity contribution >= 4 is 11.9 Å². The van der Waals surface area contributed by atoms with Crippen molar-refractivity contribution in [3.63, 3.8) is 0 Å². The summed E-state index contributed by atoms with van der Waals surface area (Å²) in [5.74, 6) is 0.0116. The van der Waals surface area contributed by atoms with Gasteiger partial charge in [-0.25, -0.2) is 9.97 Å². The summed E-state index contributed by atoms with van der Waals surface area (Å²) in [7, 11) is 0. The molecule has 1 aliphatic heterocycles. The van der Waals surface area contributed by atoms with Gasteiger partial charge in [0.25, 0.3) is 0 Å². The van der Waals surface area contributed by atoms with Gasteiger partial charge in [-0.15, -0.1) is 0 Å². The van der Waals surface area contributed by atoms with Crippen molar-refractivity contribution < 1.29 is 9.90 Å². The van der Waals surface area contributed by atoms with Crippen LogP contribution in [-0.4, -0.2) is 51.6 Å². The van der Waals surface area contributed by atoms with Gasteiger partial charge in [0.05, 0.1) is 6.42 Å². The minimum atomic E-state index is -0.793. The third-order valence-corrected chi connectivity index (χ3v) is 6.21. The molecule has 0 bridgehead atoms. The van der Waals surface area contributed by atoms with Crippen molar-refractivity contribution in [2.45, 2.75) is 45.2 Å². The largest absolute Gasteiger partial charge is 0.481 e. The smallest absolute Gasteiger partial charge is 0.307 e. The molecule has 0 unspecified atom stereocenters. The average molecular weight is 445 g/mol. The van der Waals surface area contributed by atoms with E-state index in [2.05, 4.69) is 34.9 Å². The second-order valence-corrected chi connectivity index (χ2v) is 8.75. The second kappa shape index (κ2) is 11.1. The molecule has 0 radical (unpaired) electrons. The first-order valence-corrected chi connectivity index (χ1v) is 11.8. The van der Waals surface area contributed by atoms with Crippen molar-refractivity contribution in [3.05, 3.63) is 78.1 Å². The molecule has 172 valence electrons. The second-order valence-electron chi connectivity index (χ2n) is 8.75. The quantitative estimate of drug-likeness (QED) is 0.518. The Hall–Kier alpha value is -3.25. The molecule has 3 aromatic rings. The van der Waals surface area contributed by atoms with Crippen LogP contribution in [0.15, 0.2) is 67.0 Å². The third kappa shape index (κ3) is 6.17. The van der Waals surface area contributed by atoms with Crippen molar-refractivity contribution in [2.75, 3.05) is 24.5 Å². The van der Waals surface area contributed by atoms with E-state index >= 15 is 0 Å². The Balaban J connectivity index is 1.45. The van der Waals surface area contributed by atoms with E-state index in [1.165, 1.54) is 12.0 Å². The lowest BCUT2D eigenvalue weighted by atomic mass is 10.0. The van der Waals surface area contributed by atoms with E-state index in [4.69, 9.17) is 15.1 Å². The van der Waals surface area contributed by atoms with Crippen LogP contribution >= 0.6 is 0 Å². The number of benzene rings is 2. The van der Waals surface area contributed by atoms with Crippen LogP contribution in [-0.2, 0) is 17.8 Å². The maximum absolute atomic E-state index is 11.1. The van der Waals surface area contributed by atoms with Gasteiger partial charge >= 0.3 is 5.97 Å². The van der Waals surface area contributed by atoms with Gasteiger partial charge < -0.3 is 10.0 Å². The molecule has 2 aromatic carbocycles. The van der Waals surface area contributed by atoms with Crippen LogP contribution in [0.4, 0.5) is 5.95 Å². The molecule has 33 heavy (non-hydrogen) atoms. The maximum atomic E-state index is 11.1. The van der Waals surface area contributed by atoms with Gasteiger partial charge in [-0.3, -0.25) is 9.69 Å². The van der Waals surface area contributed by atoms with Crippen molar-refractivity contribution in [2.24, 2.45) is 0 Å². The summed E-state index contributed by atoms with van der Waals surface area (Å²) in [6.07, 6.45) is 7.36. The normalized spacial score (nSPS) is 16.6. The Bertz CT molecular complexity index is 1040. The number of aromatic nitrogens is 2. The Labute approximate surface area is 195 Å². The molecular formula is C27H32N4O2. The lowest BCUT2D eigenvalue weighted by Crippen LogP contribution is -2.53. The molecule has 1 aliphatic rings. The van der Waals surface area contributed by atoms with Gasteiger partial charge in [0.15, 0.2) is 0 Å². The highest BCUT2D eigenvalue weighted by Crippen LogP contribution is 2.24. The highest BCUT2D eigenvalue weighted by molar-refractivity contribution is 5.70. The number of rotatable bonds is 9. The van der Waals surface area contributed by atoms with E-state index in [0.29, 0.717) is 6.04 Å². The summed E-state index contributed by atoms with van der Waals surface area (Å²) in [6, 6.07) is 18.5. The van der Waals surface area contributed by atoms with Gasteiger partial charge in [-0.05, 0) is 23.1 Å². The third-order valence-electron chi connectivity index (χ3n) is 6.21. The summed E-state index contributed by atoms with van der Waals surface area (Å²) in [5.41, 5.74) is 4.18. The zero-order chi connectivity index (χ0) is 23.0. The molecule has 4 rings (SSSR count). The number of carboxylic acids is 1.